The van der Waals surface area contributed by atoms with Crippen molar-refractivity contribution in [2.24, 2.45) is 0 Å². The Labute approximate surface area is 178 Å². The van der Waals surface area contributed by atoms with E-state index in [1.807, 2.05) is 30.3 Å². The largest absolute Gasteiger partial charge is 0.496 e. The molecule has 3 rings (SSSR count). The number of hydrogen-bond acceptors (Lipinski definition) is 4. The summed E-state index contributed by atoms with van der Waals surface area (Å²) in [6, 6.07) is 20.2. The highest BCUT2D eigenvalue weighted by molar-refractivity contribution is 9.10. The van der Waals surface area contributed by atoms with E-state index < -0.39 is 10.0 Å². The Balaban J connectivity index is 1.66. The summed E-state index contributed by atoms with van der Waals surface area (Å²) in [5, 5.41) is 2.74. The fraction of sp³-hybridized carbons (Fsp3) is 0.0952. The average Bonchev–Trinajstić information content (AvgIpc) is 2.73. The molecule has 0 heterocycles. The van der Waals surface area contributed by atoms with Crippen molar-refractivity contribution in [3.8, 4) is 5.75 Å². The molecule has 0 aliphatic heterocycles. The number of sulfonamides is 1. The standard InChI is InChI=1S/C21H19BrN2O4S/c1-28-20-12-7-16(13-19(20)22)21(25)24-17-8-10-18(11-9-17)29(26,27)23-14-15-5-3-2-4-6-15/h2-13,23H,14H2,1H3,(H,24,25). The second-order valence-corrected chi connectivity index (χ2v) is 8.76. The minimum atomic E-state index is -3.65. The number of hydrogen-bond donors (Lipinski definition) is 2. The first-order valence-corrected chi connectivity index (χ1v) is 11.0. The molecule has 0 spiro atoms. The number of amides is 1. The van der Waals surface area contributed by atoms with Crippen molar-refractivity contribution in [2.75, 3.05) is 12.4 Å². The molecular formula is C21H19BrN2O4S. The molecule has 6 nitrogen and oxygen atoms in total. The molecule has 1 amide bonds. The highest BCUT2D eigenvalue weighted by atomic mass is 79.9. The fourth-order valence-electron chi connectivity index (χ4n) is 2.59. The lowest BCUT2D eigenvalue weighted by Crippen LogP contribution is -2.23. The number of carbonyl (C=O) groups excluding carboxylic acids is 1. The molecule has 2 N–H and O–H groups in total. The van der Waals surface area contributed by atoms with E-state index in [-0.39, 0.29) is 17.3 Å². The van der Waals surface area contributed by atoms with Gasteiger partial charge < -0.3 is 10.1 Å². The van der Waals surface area contributed by atoms with E-state index >= 15 is 0 Å². The Hall–Kier alpha value is -2.68. The third-order valence-corrected chi connectivity index (χ3v) is 6.18. The van der Waals surface area contributed by atoms with Crippen molar-refractivity contribution in [1.82, 2.24) is 4.72 Å². The molecule has 3 aromatic rings. The molecule has 29 heavy (non-hydrogen) atoms. The lowest BCUT2D eigenvalue weighted by Gasteiger charge is -2.10. The highest BCUT2D eigenvalue weighted by Crippen LogP contribution is 2.26. The Morgan fingerprint density at radius 3 is 2.31 bits per heavy atom. The van der Waals surface area contributed by atoms with E-state index in [4.69, 9.17) is 4.74 Å². The van der Waals surface area contributed by atoms with Crippen molar-refractivity contribution < 1.29 is 17.9 Å². The monoisotopic (exact) mass is 474 g/mol. The lowest BCUT2D eigenvalue weighted by molar-refractivity contribution is 0.102. The number of halogens is 1. The van der Waals surface area contributed by atoms with Gasteiger partial charge in [-0.3, -0.25) is 4.79 Å². The van der Waals surface area contributed by atoms with Crippen LogP contribution in [0.4, 0.5) is 5.69 Å². The van der Waals surface area contributed by atoms with Gasteiger partial charge in [0, 0.05) is 17.8 Å². The maximum absolute atomic E-state index is 12.4. The molecule has 150 valence electrons. The quantitative estimate of drug-likeness (QED) is 0.537. The number of methoxy groups -OCH3 is 1. The zero-order chi connectivity index (χ0) is 20.9. The molecule has 0 unspecified atom stereocenters. The van der Waals surface area contributed by atoms with Gasteiger partial charge in [0.15, 0.2) is 0 Å². The van der Waals surface area contributed by atoms with E-state index in [2.05, 4.69) is 26.0 Å². The van der Waals surface area contributed by atoms with Crippen molar-refractivity contribution in [1.29, 1.82) is 0 Å². The SMILES string of the molecule is COc1ccc(C(=O)Nc2ccc(S(=O)(=O)NCc3ccccc3)cc2)cc1Br. The summed E-state index contributed by atoms with van der Waals surface area (Å²) < 4.78 is 33.3. The number of ether oxygens (including phenoxy) is 1. The van der Waals surface area contributed by atoms with Crippen LogP contribution < -0.4 is 14.8 Å². The van der Waals surface area contributed by atoms with Gasteiger partial charge in [-0.15, -0.1) is 0 Å². The van der Waals surface area contributed by atoms with Crippen molar-refractivity contribution in [3.05, 3.63) is 88.4 Å². The first kappa shape index (κ1) is 21.0. The van der Waals surface area contributed by atoms with Gasteiger partial charge in [0.25, 0.3) is 5.91 Å². The van der Waals surface area contributed by atoms with Crippen LogP contribution in [0.5, 0.6) is 5.75 Å². The number of rotatable bonds is 7. The smallest absolute Gasteiger partial charge is 0.255 e. The van der Waals surface area contributed by atoms with Crippen molar-refractivity contribution >= 4 is 37.5 Å². The number of nitrogens with one attached hydrogen (secondary N) is 2. The van der Waals surface area contributed by atoms with Gasteiger partial charge in [0.05, 0.1) is 16.5 Å². The molecule has 0 aliphatic carbocycles. The van der Waals surface area contributed by atoms with Crippen LogP contribution in [0.15, 0.2) is 82.2 Å². The number of benzene rings is 3. The van der Waals surface area contributed by atoms with E-state index in [1.165, 1.54) is 12.1 Å². The van der Waals surface area contributed by atoms with Crippen LogP contribution in [0, 0.1) is 0 Å². The topological polar surface area (TPSA) is 84.5 Å². The third-order valence-electron chi connectivity index (χ3n) is 4.15. The summed E-state index contributed by atoms with van der Waals surface area (Å²) in [7, 11) is -2.11. The summed E-state index contributed by atoms with van der Waals surface area (Å²) in [4.78, 5) is 12.5. The molecule has 0 bridgehead atoms. The Morgan fingerprint density at radius 1 is 1.00 bits per heavy atom. The molecule has 8 heteroatoms. The van der Waals surface area contributed by atoms with Crippen LogP contribution >= 0.6 is 15.9 Å². The van der Waals surface area contributed by atoms with Gasteiger partial charge in [-0.05, 0) is 64.0 Å². The predicted molar refractivity (Wildman–Crippen MR) is 116 cm³/mol. The minimum absolute atomic E-state index is 0.124. The van der Waals surface area contributed by atoms with Gasteiger partial charge in [-0.1, -0.05) is 30.3 Å². The Kier molecular flexibility index (Phi) is 6.68. The van der Waals surface area contributed by atoms with Gasteiger partial charge >= 0.3 is 0 Å². The lowest BCUT2D eigenvalue weighted by atomic mass is 10.2. The normalized spacial score (nSPS) is 11.1. The summed E-state index contributed by atoms with van der Waals surface area (Å²) in [6.45, 7) is 0.202. The van der Waals surface area contributed by atoms with Gasteiger partial charge in [0.1, 0.15) is 5.75 Å². The fourth-order valence-corrected chi connectivity index (χ4v) is 4.14. The van der Waals surface area contributed by atoms with E-state index in [0.717, 1.165) is 5.56 Å². The van der Waals surface area contributed by atoms with E-state index in [1.54, 1.807) is 37.4 Å². The molecule has 0 saturated heterocycles. The molecule has 0 aliphatic rings. The van der Waals surface area contributed by atoms with E-state index in [0.29, 0.717) is 21.5 Å². The maximum Gasteiger partial charge on any atom is 0.255 e. The van der Waals surface area contributed by atoms with Crippen LogP contribution in [-0.4, -0.2) is 21.4 Å². The van der Waals surface area contributed by atoms with Gasteiger partial charge in [-0.25, -0.2) is 13.1 Å². The molecule has 0 fully saturated rings. The number of anilines is 1. The second-order valence-electron chi connectivity index (χ2n) is 6.14. The molecule has 0 saturated carbocycles. The minimum Gasteiger partial charge on any atom is -0.496 e. The predicted octanol–water partition coefficient (Wildman–Crippen LogP) is 4.19. The van der Waals surface area contributed by atoms with Crippen LogP contribution in [0.2, 0.25) is 0 Å². The first-order valence-electron chi connectivity index (χ1n) is 8.67. The third kappa shape index (κ3) is 5.44. The van der Waals surface area contributed by atoms with Gasteiger partial charge in [-0.2, -0.15) is 0 Å². The highest BCUT2D eigenvalue weighted by Gasteiger charge is 2.14. The van der Waals surface area contributed by atoms with Crippen LogP contribution in [-0.2, 0) is 16.6 Å². The zero-order valence-electron chi connectivity index (χ0n) is 15.6. The maximum atomic E-state index is 12.4. The Morgan fingerprint density at radius 2 is 1.69 bits per heavy atom. The molecule has 0 aromatic heterocycles. The van der Waals surface area contributed by atoms with Gasteiger partial charge in [0.2, 0.25) is 10.0 Å². The zero-order valence-corrected chi connectivity index (χ0v) is 18.0. The van der Waals surface area contributed by atoms with Crippen molar-refractivity contribution in [3.63, 3.8) is 0 Å². The van der Waals surface area contributed by atoms with Crippen LogP contribution in [0.3, 0.4) is 0 Å². The average molecular weight is 475 g/mol. The Bertz CT molecular complexity index is 1100. The molecule has 0 atom stereocenters. The first-order chi connectivity index (χ1) is 13.9. The molecule has 3 aromatic carbocycles. The summed E-state index contributed by atoms with van der Waals surface area (Å²) >= 11 is 3.35. The molecule has 0 radical (unpaired) electrons. The van der Waals surface area contributed by atoms with Crippen molar-refractivity contribution in [2.45, 2.75) is 11.4 Å². The number of carbonyl (C=O) groups is 1. The van der Waals surface area contributed by atoms with E-state index in [9.17, 15) is 13.2 Å². The summed E-state index contributed by atoms with van der Waals surface area (Å²) in [5.41, 5.74) is 1.80. The van der Waals surface area contributed by atoms with Crippen LogP contribution in [0.1, 0.15) is 15.9 Å². The van der Waals surface area contributed by atoms with Crippen LogP contribution in [0.25, 0.3) is 0 Å². The summed E-state index contributed by atoms with van der Waals surface area (Å²) in [5.74, 6) is 0.310. The second kappa shape index (κ2) is 9.21. The summed E-state index contributed by atoms with van der Waals surface area (Å²) in [6.07, 6.45) is 0. The molecular weight excluding hydrogens is 456 g/mol.